The summed E-state index contributed by atoms with van der Waals surface area (Å²) in [6.45, 7) is 1.51. The van der Waals surface area contributed by atoms with Crippen molar-refractivity contribution < 1.29 is 4.79 Å². The smallest absolute Gasteiger partial charge is 0.230 e. The van der Waals surface area contributed by atoms with Gasteiger partial charge in [-0.2, -0.15) is 0 Å². The van der Waals surface area contributed by atoms with Crippen molar-refractivity contribution in [2.45, 2.75) is 18.9 Å². The second-order valence-electron chi connectivity index (χ2n) is 5.60. The Balaban J connectivity index is 1.57. The van der Waals surface area contributed by atoms with Crippen LogP contribution < -0.4 is 10.6 Å². The zero-order valence-electron chi connectivity index (χ0n) is 11.5. The summed E-state index contributed by atoms with van der Waals surface area (Å²) >= 11 is 0. The van der Waals surface area contributed by atoms with E-state index in [2.05, 4.69) is 26.2 Å². The first-order chi connectivity index (χ1) is 10.3. The molecule has 1 amide bonds. The number of tetrazole rings is 1. The van der Waals surface area contributed by atoms with Gasteiger partial charge in [-0.05, 0) is 35.4 Å². The molecule has 4 rings (SSSR count). The molecule has 0 spiro atoms. The van der Waals surface area contributed by atoms with Crippen LogP contribution in [-0.4, -0.2) is 39.2 Å². The summed E-state index contributed by atoms with van der Waals surface area (Å²) in [5.74, 6) is 0.900. The lowest BCUT2D eigenvalue weighted by molar-refractivity contribution is -0.121. The van der Waals surface area contributed by atoms with Crippen LogP contribution in [0.5, 0.6) is 0 Å². The van der Waals surface area contributed by atoms with Crippen LogP contribution in [0.25, 0.3) is 11.4 Å². The molecule has 0 bridgehead atoms. The number of nitrogens with zero attached hydrogens (tertiary/aromatic N) is 4. The van der Waals surface area contributed by atoms with Crippen molar-refractivity contribution in [2.24, 2.45) is 5.92 Å². The van der Waals surface area contributed by atoms with Gasteiger partial charge in [-0.3, -0.25) is 4.79 Å². The van der Waals surface area contributed by atoms with Crippen molar-refractivity contribution in [3.05, 3.63) is 24.3 Å². The molecule has 1 aliphatic carbocycles. The Bertz CT molecular complexity index is 674. The Hall–Kier alpha value is -2.28. The number of amides is 1. The zero-order chi connectivity index (χ0) is 14.2. The van der Waals surface area contributed by atoms with E-state index in [1.165, 1.54) is 0 Å². The van der Waals surface area contributed by atoms with Gasteiger partial charge in [-0.1, -0.05) is 12.1 Å². The molecule has 0 radical (unpaired) electrons. The number of anilines is 1. The summed E-state index contributed by atoms with van der Waals surface area (Å²) in [6, 6.07) is 8.11. The number of hydrogen-bond donors (Lipinski definition) is 2. The molecule has 7 heteroatoms. The monoisotopic (exact) mass is 284 g/mol. The summed E-state index contributed by atoms with van der Waals surface area (Å²) in [5, 5.41) is 18.0. The largest absolute Gasteiger partial charge is 0.326 e. The standard InChI is InChI=1S/C14H16N6O/c21-14(10-7-15-8-10)16-11-3-1-2-9(6-11)13-17-18-19-20(13)12-4-5-12/h1-3,6,10,12,15H,4-5,7-8H2,(H,16,21). The molecule has 108 valence electrons. The van der Waals surface area contributed by atoms with Crippen LogP contribution in [-0.2, 0) is 4.79 Å². The Morgan fingerprint density at radius 1 is 1.33 bits per heavy atom. The molecule has 1 aliphatic heterocycles. The van der Waals surface area contributed by atoms with E-state index < -0.39 is 0 Å². The first-order valence-electron chi connectivity index (χ1n) is 7.21. The lowest BCUT2D eigenvalue weighted by atomic mass is 10.0. The van der Waals surface area contributed by atoms with E-state index in [-0.39, 0.29) is 11.8 Å². The van der Waals surface area contributed by atoms with Crippen LogP contribution >= 0.6 is 0 Å². The number of benzene rings is 1. The summed E-state index contributed by atoms with van der Waals surface area (Å²) in [7, 11) is 0. The third kappa shape index (κ3) is 2.40. The number of rotatable bonds is 4. The quantitative estimate of drug-likeness (QED) is 0.869. The number of carbonyl (C=O) groups excluding carboxylic acids is 1. The van der Waals surface area contributed by atoms with Crippen molar-refractivity contribution in [3.8, 4) is 11.4 Å². The van der Waals surface area contributed by atoms with E-state index in [0.29, 0.717) is 6.04 Å². The Morgan fingerprint density at radius 2 is 2.19 bits per heavy atom. The minimum Gasteiger partial charge on any atom is -0.326 e. The molecule has 2 aliphatic rings. The van der Waals surface area contributed by atoms with Gasteiger partial charge >= 0.3 is 0 Å². The van der Waals surface area contributed by atoms with Crippen LogP contribution in [0.15, 0.2) is 24.3 Å². The first-order valence-corrected chi connectivity index (χ1v) is 7.21. The Labute approximate surface area is 121 Å². The summed E-state index contributed by atoms with van der Waals surface area (Å²) in [5.41, 5.74) is 1.71. The SMILES string of the molecule is O=C(Nc1cccc(-c2nnnn2C2CC2)c1)C1CNC1. The van der Waals surface area contributed by atoms with Crippen LogP contribution in [0.1, 0.15) is 18.9 Å². The van der Waals surface area contributed by atoms with Crippen LogP contribution in [0.4, 0.5) is 5.69 Å². The highest BCUT2D eigenvalue weighted by Gasteiger charge is 2.28. The minimum absolute atomic E-state index is 0.0627. The average molecular weight is 284 g/mol. The summed E-state index contributed by atoms with van der Waals surface area (Å²) in [4.78, 5) is 12.0. The Kier molecular flexibility index (Phi) is 2.92. The molecule has 1 aromatic heterocycles. The second kappa shape index (κ2) is 4.92. The number of nitrogens with one attached hydrogen (secondary N) is 2. The van der Waals surface area contributed by atoms with Crippen LogP contribution in [0, 0.1) is 5.92 Å². The van der Waals surface area contributed by atoms with Gasteiger partial charge in [0.1, 0.15) is 0 Å². The van der Waals surface area contributed by atoms with E-state index in [1.54, 1.807) is 0 Å². The fourth-order valence-electron chi connectivity index (χ4n) is 2.40. The number of aromatic nitrogens is 4. The molecule has 0 atom stereocenters. The van der Waals surface area contributed by atoms with Gasteiger partial charge < -0.3 is 10.6 Å². The predicted molar refractivity (Wildman–Crippen MR) is 76.5 cm³/mol. The van der Waals surface area contributed by atoms with Gasteiger partial charge in [0.2, 0.25) is 5.91 Å². The minimum atomic E-state index is 0.0627. The highest BCUT2D eigenvalue weighted by Crippen LogP contribution is 2.36. The zero-order valence-corrected chi connectivity index (χ0v) is 11.5. The average Bonchev–Trinajstić information content (AvgIpc) is 3.14. The molecular formula is C14H16N6O. The van der Waals surface area contributed by atoms with Crippen LogP contribution in [0.2, 0.25) is 0 Å². The van der Waals surface area contributed by atoms with Crippen molar-refractivity contribution >= 4 is 11.6 Å². The third-order valence-corrected chi connectivity index (χ3v) is 3.93. The van der Waals surface area contributed by atoms with Crippen molar-refractivity contribution in [2.75, 3.05) is 18.4 Å². The molecule has 1 aromatic carbocycles. The lowest BCUT2D eigenvalue weighted by Crippen LogP contribution is -2.48. The van der Waals surface area contributed by atoms with Gasteiger partial charge in [0.05, 0.1) is 12.0 Å². The molecule has 2 fully saturated rings. The van der Waals surface area contributed by atoms with Crippen molar-refractivity contribution in [1.82, 2.24) is 25.5 Å². The van der Waals surface area contributed by atoms with Gasteiger partial charge in [0, 0.05) is 24.3 Å². The topological polar surface area (TPSA) is 84.7 Å². The third-order valence-electron chi connectivity index (χ3n) is 3.93. The molecule has 2 heterocycles. The maximum absolute atomic E-state index is 12.0. The van der Waals surface area contributed by atoms with Crippen molar-refractivity contribution in [1.29, 1.82) is 0 Å². The van der Waals surface area contributed by atoms with E-state index >= 15 is 0 Å². The maximum Gasteiger partial charge on any atom is 0.230 e. The second-order valence-corrected chi connectivity index (χ2v) is 5.60. The maximum atomic E-state index is 12.0. The van der Waals surface area contributed by atoms with Crippen molar-refractivity contribution in [3.63, 3.8) is 0 Å². The molecule has 0 unspecified atom stereocenters. The number of hydrogen-bond acceptors (Lipinski definition) is 5. The van der Waals surface area contributed by atoms with Gasteiger partial charge in [0.25, 0.3) is 0 Å². The molecule has 2 aromatic rings. The summed E-state index contributed by atoms with van der Waals surface area (Å²) in [6.07, 6.45) is 2.26. The van der Waals surface area contributed by atoms with Gasteiger partial charge in [-0.25, -0.2) is 4.68 Å². The fourth-order valence-corrected chi connectivity index (χ4v) is 2.40. The highest BCUT2D eigenvalue weighted by molar-refractivity contribution is 5.93. The van der Waals surface area contributed by atoms with Crippen LogP contribution in [0.3, 0.4) is 0 Å². The van der Waals surface area contributed by atoms with E-state index in [4.69, 9.17) is 0 Å². The lowest BCUT2D eigenvalue weighted by Gasteiger charge is -2.25. The highest BCUT2D eigenvalue weighted by atomic mass is 16.2. The Morgan fingerprint density at radius 3 is 2.90 bits per heavy atom. The molecule has 2 N–H and O–H groups in total. The molecule has 1 saturated carbocycles. The molecule has 7 nitrogen and oxygen atoms in total. The molecular weight excluding hydrogens is 268 g/mol. The van der Waals surface area contributed by atoms with E-state index in [1.807, 2.05) is 28.9 Å². The first kappa shape index (κ1) is 12.5. The van der Waals surface area contributed by atoms with E-state index in [9.17, 15) is 4.79 Å². The fraction of sp³-hybridized carbons (Fsp3) is 0.429. The number of carbonyl (C=O) groups is 1. The van der Waals surface area contributed by atoms with Gasteiger partial charge in [-0.15, -0.1) is 5.10 Å². The predicted octanol–water partition coefficient (Wildman–Crippen LogP) is 0.833. The van der Waals surface area contributed by atoms with E-state index in [0.717, 1.165) is 43.0 Å². The molecule has 1 saturated heterocycles. The normalized spacial score (nSPS) is 18.3. The van der Waals surface area contributed by atoms with Gasteiger partial charge in [0.15, 0.2) is 5.82 Å². The summed E-state index contributed by atoms with van der Waals surface area (Å²) < 4.78 is 1.87. The molecule has 21 heavy (non-hydrogen) atoms.